The number of carbonyl (C=O) groups is 1. The Hall–Kier alpha value is -2.18. The molecule has 1 aliphatic rings. The van der Waals surface area contributed by atoms with Gasteiger partial charge >= 0.3 is 0 Å². The van der Waals surface area contributed by atoms with E-state index in [0.29, 0.717) is 19.1 Å². The third-order valence-electron chi connectivity index (χ3n) is 4.40. The molecule has 6 nitrogen and oxygen atoms in total. The Kier molecular flexibility index (Phi) is 5.61. The molecule has 2 aromatic rings. The summed E-state index contributed by atoms with van der Waals surface area (Å²) < 4.78 is 1.89. The molecule has 128 valence electrons. The molecule has 1 fully saturated rings. The Morgan fingerprint density at radius 2 is 2.12 bits per heavy atom. The Bertz CT molecular complexity index is 655. The number of nitrogens with zero attached hydrogens (tertiary/aromatic N) is 2. The zero-order valence-corrected chi connectivity index (χ0v) is 14.0. The molecule has 0 radical (unpaired) electrons. The summed E-state index contributed by atoms with van der Waals surface area (Å²) in [5.41, 5.74) is 8.60. The first-order valence-corrected chi connectivity index (χ1v) is 8.59. The van der Waals surface area contributed by atoms with Gasteiger partial charge in [-0.2, -0.15) is 5.10 Å². The second kappa shape index (κ2) is 8.08. The molecule has 6 heteroatoms. The minimum atomic E-state index is -0.153. The van der Waals surface area contributed by atoms with Crippen LogP contribution in [0.4, 0.5) is 0 Å². The lowest BCUT2D eigenvalue weighted by atomic mass is 10.0. The van der Waals surface area contributed by atoms with Crippen molar-refractivity contribution in [1.82, 2.24) is 25.9 Å². The Morgan fingerprint density at radius 3 is 2.88 bits per heavy atom. The van der Waals surface area contributed by atoms with Gasteiger partial charge in [-0.1, -0.05) is 37.6 Å². The van der Waals surface area contributed by atoms with Crippen molar-refractivity contribution in [2.24, 2.45) is 0 Å². The van der Waals surface area contributed by atoms with Crippen molar-refractivity contribution in [2.75, 3.05) is 0 Å². The Balaban J connectivity index is 1.56. The van der Waals surface area contributed by atoms with E-state index < -0.39 is 0 Å². The molecule has 0 bridgehead atoms. The lowest BCUT2D eigenvalue weighted by molar-refractivity contribution is -0.123. The van der Waals surface area contributed by atoms with Gasteiger partial charge in [0.15, 0.2) is 0 Å². The summed E-state index contributed by atoms with van der Waals surface area (Å²) in [6.07, 6.45) is 6.76. The van der Waals surface area contributed by atoms with Crippen molar-refractivity contribution in [3.63, 3.8) is 0 Å². The van der Waals surface area contributed by atoms with Crippen LogP contribution in [0.15, 0.2) is 42.7 Å². The number of hydrazine groups is 1. The van der Waals surface area contributed by atoms with Crippen molar-refractivity contribution >= 4 is 5.91 Å². The molecule has 24 heavy (non-hydrogen) atoms. The van der Waals surface area contributed by atoms with E-state index in [0.717, 1.165) is 24.8 Å². The smallest absolute Gasteiger partial charge is 0.238 e. The molecule has 2 heterocycles. The van der Waals surface area contributed by atoms with Gasteiger partial charge in [-0.3, -0.25) is 14.9 Å². The highest BCUT2D eigenvalue weighted by molar-refractivity contribution is 5.82. The van der Waals surface area contributed by atoms with E-state index in [1.165, 1.54) is 5.56 Å². The normalized spacial score (nSPS) is 20.2. The van der Waals surface area contributed by atoms with E-state index >= 15 is 0 Å². The van der Waals surface area contributed by atoms with Gasteiger partial charge in [0.1, 0.15) is 6.04 Å². The first kappa shape index (κ1) is 16.7. The predicted molar refractivity (Wildman–Crippen MR) is 93.0 cm³/mol. The third kappa shape index (κ3) is 4.21. The van der Waals surface area contributed by atoms with Gasteiger partial charge in [-0.15, -0.1) is 0 Å². The fourth-order valence-electron chi connectivity index (χ4n) is 3.09. The maximum Gasteiger partial charge on any atom is 0.238 e. The molecular formula is C18H25N5O. The van der Waals surface area contributed by atoms with Gasteiger partial charge in [-0.25, -0.2) is 5.43 Å². The fourth-order valence-corrected chi connectivity index (χ4v) is 3.09. The van der Waals surface area contributed by atoms with Crippen LogP contribution >= 0.6 is 0 Å². The number of hydrogen-bond donors (Lipinski definition) is 3. The summed E-state index contributed by atoms with van der Waals surface area (Å²) in [7, 11) is 0. The second-order valence-electron chi connectivity index (χ2n) is 6.25. The number of carbonyl (C=O) groups excluding carboxylic acids is 1. The summed E-state index contributed by atoms with van der Waals surface area (Å²) in [6, 6.07) is 10.3. The van der Waals surface area contributed by atoms with Crippen molar-refractivity contribution in [2.45, 2.75) is 51.4 Å². The highest BCUT2D eigenvalue weighted by Crippen LogP contribution is 2.12. The summed E-state index contributed by atoms with van der Waals surface area (Å²) >= 11 is 0. The second-order valence-corrected chi connectivity index (χ2v) is 6.25. The van der Waals surface area contributed by atoms with Crippen LogP contribution in [0.25, 0.3) is 0 Å². The molecular weight excluding hydrogens is 302 g/mol. The summed E-state index contributed by atoms with van der Waals surface area (Å²) in [5.74, 6) is 0.0509. The maximum atomic E-state index is 12.4. The Morgan fingerprint density at radius 1 is 1.29 bits per heavy atom. The maximum absolute atomic E-state index is 12.4. The van der Waals surface area contributed by atoms with E-state index in [-0.39, 0.29) is 11.9 Å². The van der Waals surface area contributed by atoms with Gasteiger partial charge < -0.3 is 5.32 Å². The van der Waals surface area contributed by atoms with E-state index in [4.69, 9.17) is 0 Å². The number of rotatable bonds is 7. The monoisotopic (exact) mass is 327 g/mol. The van der Waals surface area contributed by atoms with Crippen LogP contribution in [0.5, 0.6) is 0 Å². The van der Waals surface area contributed by atoms with Crippen LogP contribution in [-0.4, -0.2) is 27.8 Å². The summed E-state index contributed by atoms with van der Waals surface area (Å²) in [5, 5.41) is 7.30. The SMILES string of the molecule is CCCC1CC(C(=O)NCc2ccccc2Cn2cccn2)NN1. The topological polar surface area (TPSA) is 71.0 Å². The van der Waals surface area contributed by atoms with Gasteiger partial charge in [0.05, 0.1) is 6.54 Å². The number of benzene rings is 1. The van der Waals surface area contributed by atoms with Gasteiger partial charge in [0.25, 0.3) is 0 Å². The van der Waals surface area contributed by atoms with Crippen LogP contribution < -0.4 is 16.2 Å². The molecule has 0 aliphatic carbocycles. The molecule has 2 atom stereocenters. The number of nitrogens with one attached hydrogen (secondary N) is 3. The van der Waals surface area contributed by atoms with Gasteiger partial charge in [0, 0.05) is 25.0 Å². The van der Waals surface area contributed by atoms with E-state index in [1.807, 2.05) is 29.1 Å². The average Bonchev–Trinajstić information content (AvgIpc) is 3.26. The average molecular weight is 327 g/mol. The molecule has 0 saturated carbocycles. The van der Waals surface area contributed by atoms with E-state index in [2.05, 4.69) is 40.3 Å². The van der Waals surface area contributed by atoms with Crippen LogP contribution in [0, 0.1) is 0 Å². The lowest BCUT2D eigenvalue weighted by Gasteiger charge is -2.13. The molecule has 1 amide bonds. The first-order chi connectivity index (χ1) is 11.8. The number of amides is 1. The minimum absolute atomic E-state index is 0.0509. The summed E-state index contributed by atoms with van der Waals surface area (Å²) in [4.78, 5) is 12.4. The number of aromatic nitrogens is 2. The zero-order valence-electron chi connectivity index (χ0n) is 14.0. The fraction of sp³-hybridized carbons (Fsp3) is 0.444. The molecule has 3 N–H and O–H groups in total. The lowest BCUT2D eigenvalue weighted by Crippen LogP contribution is -2.43. The van der Waals surface area contributed by atoms with Crippen molar-refractivity contribution in [3.05, 3.63) is 53.9 Å². The number of hydrogen-bond acceptors (Lipinski definition) is 4. The quantitative estimate of drug-likeness (QED) is 0.722. The highest BCUT2D eigenvalue weighted by atomic mass is 16.2. The molecule has 1 aromatic heterocycles. The van der Waals surface area contributed by atoms with Gasteiger partial charge in [-0.05, 0) is 30.0 Å². The molecule has 2 unspecified atom stereocenters. The van der Waals surface area contributed by atoms with E-state index in [1.54, 1.807) is 6.20 Å². The molecule has 1 saturated heterocycles. The molecule has 3 rings (SSSR count). The van der Waals surface area contributed by atoms with Crippen molar-refractivity contribution < 1.29 is 4.79 Å². The molecule has 1 aromatic carbocycles. The standard InChI is InChI=1S/C18H25N5O/c1-2-6-16-11-17(22-21-16)18(24)19-12-14-7-3-4-8-15(14)13-23-10-5-9-20-23/h3-5,7-10,16-17,21-22H,2,6,11-13H2,1H3,(H,19,24). The molecule has 1 aliphatic heterocycles. The largest absolute Gasteiger partial charge is 0.351 e. The van der Waals surface area contributed by atoms with Crippen LogP contribution in [0.3, 0.4) is 0 Å². The van der Waals surface area contributed by atoms with Gasteiger partial charge in [0.2, 0.25) is 5.91 Å². The van der Waals surface area contributed by atoms with Crippen LogP contribution in [0.1, 0.15) is 37.3 Å². The van der Waals surface area contributed by atoms with Crippen molar-refractivity contribution in [3.8, 4) is 0 Å². The first-order valence-electron chi connectivity index (χ1n) is 8.59. The van der Waals surface area contributed by atoms with Crippen LogP contribution in [-0.2, 0) is 17.9 Å². The van der Waals surface area contributed by atoms with Crippen LogP contribution in [0.2, 0.25) is 0 Å². The molecule has 0 spiro atoms. The predicted octanol–water partition coefficient (Wildman–Crippen LogP) is 1.58. The summed E-state index contributed by atoms with van der Waals surface area (Å²) in [6.45, 7) is 3.40. The third-order valence-corrected chi connectivity index (χ3v) is 4.40. The Labute approximate surface area is 142 Å². The van der Waals surface area contributed by atoms with E-state index in [9.17, 15) is 4.79 Å². The zero-order chi connectivity index (χ0) is 16.8. The highest BCUT2D eigenvalue weighted by Gasteiger charge is 2.28. The van der Waals surface area contributed by atoms with Crippen molar-refractivity contribution in [1.29, 1.82) is 0 Å². The minimum Gasteiger partial charge on any atom is -0.351 e.